The summed E-state index contributed by atoms with van der Waals surface area (Å²) in [6, 6.07) is 5.12. The lowest BCUT2D eigenvalue weighted by Crippen LogP contribution is -2.59. The van der Waals surface area contributed by atoms with Gasteiger partial charge in [0.05, 0.1) is 6.42 Å². The molecular formula is C17H17F2N3OS. The first-order valence-electron chi connectivity index (χ1n) is 8.25. The van der Waals surface area contributed by atoms with Gasteiger partial charge in [-0.3, -0.25) is 4.90 Å². The highest BCUT2D eigenvalue weighted by Crippen LogP contribution is 2.43. The number of fused-ring (bicyclic) bond motifs is 3. The van der Waals surface area contributed by atoms with E-state index in [9.17, 15) is 8.78 Å². The van der Waals surface area contributed by atoms with Gasteiger partial charge in [0, 0.05) is 28.2 Å². The molecule has 7 heteroatoms. The highest BCUT2D eigenvalue weighted by molar-refractivity contribution is 7.17. The van der Waals surface area contributed by atoms with Crippen LogP contribution < -0.4 is 5.32 Å². The van der Waals surface area contributed by atoms with Gasteiger partial charge in [-0.25, -0.2) is 4.39 Å². The number of halogens is 2. The maximum Gasteiger partial charge on any atom is 0.213 e. The quantitative estimate of drug-likeness (QED) is 0.851. The molecule has 2 bridgehead atoms. The fourth-order valence-electron chi connectivity index (χ4n) is 4.27. The predicted molar refractivity (Wildman–Crippen MR) is 90.4 cm³/mol. The summed E-state index contributed by atoms with van der Waals surface area (Å²) in [6.07, 6.45) is 3.10. The largest absolute Gasteiger partial charge is 0.386 e. The molecule has 5 heterocycles. The van der Waals surface area contributed by atoms with Crippen LogP contribution in [-0.2, 0) is 4.84 Å². The first-order chi connectivity index (χ1) is 11.6. The second-order valence-corrected chi connectivity index (χ2v) is 7.95. The molecule has 4 aliphatic heterocycles. The van der Waals surface area contributed by atoms with Crippen LogP contribution in [0.3, 0.4) is 0 Å². The molecule has 1 N–H and O–H groups in total. The van der Waals surface area contributed by atoms with Crippen molar-refractivity contribution in [3.63, 3.8) is 0 Å². The van der Waals surface area contributed by atoms with E-state index in [1.165, 1.54) is 12.8 Å². The smallest absolute Gasteiger partial charge is 0.213 e. The van der Waals surface area contributed by atoms with Gasteiger partial charge in [-0.2, -0.15) is 4.39 Å². The Hall–Kier alpha value is -1.73. The molecule has 0 saturated carbocycles. The summed E-state index contributed by atoms with van der Waals surface area (Å²) in [7, 11) is 0. The maximum atomic E-state index is 13.6. The summed E-state index contributed by atoms with van der Waals surface area (Å²) >= 11 is 0.823. The van der Waals surface area contributed by atoms with Crippen molar-refractivity contribution in [3.8, 4) is 0 Å². The molecule has 0 unspecified atom stereocenters. The second kappa shape index (κ2) is 5.13. The molecule has 1 atom stereocenters. The van der Waals surface area contributed by atoms with Crippen LogP contribution in [0.2, 0.25) is 0 Å². The van der Waals surface area contributed by atoms with E-state index in [4.69, 9.17) is 4.84 Å². The molecule has 4 aliphatic rings. The van der Waals surface area contributed by atoms with Gasteiger partial charge >= 0.3 is 0 Å². The third-order valence-electron chi connectivity index (χ3n) is 5.51. The van der Waals surface area contributed by atoms with Gasteiger partial charge in [0.2, 0.25) is 5.13 Å². The average Bonchev–Trinajstić information content (AvgIpc) is 3.10. The fourth-order valence-corrected chi connectivity index (χ4v) is 5.12. The Kier molecular flexibility index (Phi) is 3.12. The Balaban J connectivity index is 1.35. The van der Waals surface area contributed by atoms with Crippen LogP contribution in [0.1, 0.15) is 19.3 Å². The lowest BCUT2D eigenvalue weighted by molar-refractivity contribution is -0.136. The van der Waals surface area contributed by atoms with E-state index in [1.54, 1.807) is 18.2 Å². The lowest BCUT2D eigenvalue weighted by atomic mass is 9.73. The highest BCUT2D eigenvalue weighted by Gasteiger charge is 2.52. The zero-order chi connectivity index (χ0) is 16.3. The minimum absolute atomic E-state index is 0.190. The third-order valence-corrected chi connectivity index (χ3v) is 6.42. The molecule has 3 saturated heterocycles. The van der Waals surface area contributed by atoms with Gasteiger partial charge in [0.25, 0.3) is 0 Å². The first-order valence-corrected chi connectivity index (χ1v) is 9.07. The molecule has 126 valence electrons. The molecular weight excluding hydrogens is 332 g/mol. The maximum absolute atomic E-state index is 13.6. The number of thiophene rings is 1. The van der Waals surface area contributed by atoms with E-state index in [0.29, 0.717) is 16.0 Å². The van der Waals surface area contributed by atoms with Crippen LogP contribution in [0.4, 0.5) is 14.5 Å². The molecule has 6 rings (SSSR count). The molecule has 1 aromatic heterocycles. The number of piperidine rings is 3. The molecule has 1 spiro atoms. The van der Waals surface area contributed by atoms with Crippen LogP contribution in [-0.4, -0.2) is 36.0 Å². The monoisotopic (exact) mass is 349 g/mol. The van der Waals surface area contributed by atoms with Gasteiger partial charge < -0.3 is 10.2 Å². The summed E-state index contributed by atoms with van der Waals surface area (Å²) in [4.78, 5) is 8.32. The van der Waals surface area contributed by atoms with Crippen molar-refractivity contribution in [1.29, 1.82) is 0 Å². The third kappa shape index (κ3) is 2.14. The number of hydrogen-bond acceptors (Lipinski definition) is 5. The molecule has 0 aliphatic carbocycles. The Morgan fingerprint density at radius 1 is 1.29 bits per heavy atom. The number of benzene rings is 1. The van der Waals surface area contributed by atoms with Crippen molar-refractivity contribution >= 4 is 32.9 Å². The summed E-state index contributed by atoms with van der Waals surface area (Å²) in [6.45, 7) is 3.25. The topological polar surface area (TPSA) is 36.9 Å². The van der Waals surface area contributed by atoms with E-state index in [1.807, 2.05) is 0 Å². The van der Waals surface area contributed by atoms with Gasteiger partial charge in [0.15, 0.2) is 17.3 Å². The van der Waals surface area contributed by atoms with Crippen LogP contribution in [0.25, 0.3) is 10.1 Å². The molecule has 1 aromatic carbocycles. The number of nitrogens with zero attached hydrogens (tertiary/aromatic N) is 2. The number of anilines is 1. The number of hydrogen-bond donors (Lipinski definition) is 1. The molecule has 24 heavy (non-hydrogen) atoms. The van der Waals surface area contributed by atoms with E-state index in [2.05, 4.69) is 15.4 Å². The zero-order valence-electron chi connectivity index (χ0n) is 13.0. The number of nitrogens with one attached hydrogen (secondary N) is 1. The zero-order valence-corrected chi connectivity index (χ0v) is 13.8. The normalized spacial score (nSPS) is 31.5. The predicted octanol–water partition coefficient (Wildman–Crippen LogP) is 3.79. The van der Waals surface area contributed by atoms with Gasteiger partial charge in [-0.15, -0.1) is 11.3 Å². The van der Waals surface area contributed by atoms with Crippen LogP contribution >= 0.6 is 11.3 Å². The standard InChI is InChI=1S/C17H17F2N3OS/c18-15-12-2-1-11(7-13(12)24-16(15)19)20-14-8-17(23-21-14)9-22-5-3-10(17)4-6-22/h1-2,7,10H,3-6,8-9H2,(H,20,21)/t17-/m0/s1. The summed E-state index contributed by atoms with van der Waals surface area (Å²) in [5, 5.41) is 7.08. The number of oxime groups is 1. The van der Waals surface area contributed by atoms with Crippen LogP contribution in [0, 0.1) is 16.9 Å². The summed E-state index contributed by atoms with van der Waals surface area (Å²) in [5.41, 5.74) is 0.591. The average molecular weight is 349 g/mol. The van der Waals surface area contributed by atoms with E-state index in [0.717, 1.165) is 48.9 Å². The molecule has 2 aromatic rings. The van der Waals surface area contributed by atoms with Crippen molar-refractivity contribution in [3.05, 3.63) is 29.1 Å². The van der Waals surface area contributed by atoms with Crippen LogP contribution in [0.15, 0.2) is 23.4 Å². The fraction of sp³-hybridized carbons (Fsp3) is 0.471. The minimum Gasteiger partial charge on any atom is -0.386 e. The minimum atomic E-state index is -0.769. The Labute approximate surface area is 142 Å². The van der Waals surface area contributed by atoms with Crippen molar-refractivity contribution in [2.75, 3.05) is 25.0 Å². The highest BCUT2D eigenvalue weighted by atomic mass is 32.1. The van der Waals surface area contributed by atoms with E-state index in [-0.39, 0.29) is 5.60 Å². The van der Waals surface area contributed by atoms with Gasteiger partial charge in [0.1, 0.15) is 0 Å². The van der Waals surface area contributed by atoms with Crippen molar-refractivity contribution in [2.45, 2.75) is 24.9 Å². The van der Waals surface area contributed by atoms with Crippen LogP contribution in [0.5, 0.6) is 0 Å². The first kappa shape index (κ1) is 14.6. The number of rotatable bonds is 1. The number of amidine groups is 1. The molecule has 4 nitrogen and oxygen atoms in total. The molecule has 3 fully saturated rings. The molecule has 0 radical (unpaired) electrons. The van der Waals surface area contributed by atoms with E-state index < -0.39 is 10.9 Å². The molecule has 0 amide bonds. The Morgan fingerprint density at radius 2 is 2.12 bits per heavy atom. The Morgan fingerprint density at radius 3 is 2.88 bits per heavy atom. The second-order valence-electron chi connectivity index (χ2n) is 6.95. The van der Waals surface area contributed by atoms with Crippen molar-refractivity contribution < 1.29 is 13.6 Å². The van der Waals surface area contributed by atoms with E-state index >= 15 is 0 Å². The van der Waals surface area contributed by atoms with Crippen molar-refractivity contribution in [2.24, 2.45) is 11.1 Å². The SMILES string of the molecule is Fc1sc2cc(NC3=NO[C@@]4(C3)CN3CCC4CC3)ccc2c1F. The van der Waals surface area contributed by atoms with Gasteiger partial charge in [-0.05, 0) is 44.1 Å². The van der Waals surface area contributed by atoms with Crippen molar-refractivity contribution in [1.82, 2.24) is 4.90 Å². The summed E-state index contributed by atoms with van der Waals surface area (Å²) < 4.78 is 27.5. The lowest BCUT2D eigenvalue weighted by Gasteiger charge is -2.49. The summed E-state index contributed by atoms with van der Waals surface area (Å²) in [5.74, 6) is 0.587. The Bertz CT molecular complexity index is 844. The van der Waals surface area contributed by atoms with Gasteiger partial charge in [-0.1, -0.05) is 5.16 Å².